The van der Waals surface area contributed by atoms with Crippen molar-refractivity contribution < 1.29 is 14.6 Å². The van der Waals surface area contributed by atoms with Crippen LogP contribution >= 0.6 is 0 Å². The van der Waals surface area contributed by atoms with Gasteiger partial charge in [-0.1, -0.05) is 36.4 Å². The summed E-state index contributed by atoms with van der Waals surface area (Å²) >= 11 is 0. The summed E-state index contributed by atoms with van der Waals surface area (Å²) in [6.07, 6.45) is 0. The van der Waals surface area contributed by atoms with E-state index in [0.717, 1.165) is 11.1 Å². The number of ether oxygens (including phenoxy) is 2. The van der Waals surface area contributed by atoms with Crippen molar-refractivity contribution in [3.63, 3.8) is 0 Å². The third kappa shape index (κ3) is 3.50. The van der Waals surface area contributed by atoms with Gasteiger partial charge in [-0.2, -0.15) is 0 Å². The van der Waals surface area contributed by atoms with Crippen molar-refractivity contribution >= 4 is 0 Å². The second-order valence-corrected chi connectivity index (χ2v) is 4.47. The fraction of sp³-hybridized carbons (Fsp3) is 0.250. The Morgan fingerprint density at radius 1 is 1.10 bits per heavy atom. The van der Waals surface area contributed by atoms with Crippen LogP contribution in [0, 0.1) is 0 Å². The Labute approximate surface area is 118 Å². The molecule has 20 heavy (non-hydrogen) atoms. The minimum atomic E-state index is -0.410. The van der Waals surface area contributed by atoms with Crippen molar-refractivity contribution in [3.05, 3.63) is 59.7 Å². The Kier molecular flexibility index (Phi) is 4.98. The number of rotatable bonds is 6. The second kappa shape index (κ2) is 6.93. The third-order valence-corrected chi connectivity index (χ3v) is 3.05. The van der Waals surface area contributed by atoms with Crippen LogP contribution in [-0.4, -0.2) is 18.8 Å². The predicted octanol–water partition coefficient (Wildman–Crippen LogP) is 2.27. The van der Waals surface area contributed by atoms with Crippen LogP contribution in [-0.2, 0) is 6.61 Å². The van der Waals surface area contributed by atoms with Gasteiger partial charge in [-0.3, -0.25) is 0 Å². The van der Waals surface area contributed by atoms with Gasteiger partial charge in [0.2, 0.25) is 0 Å². The first-order valence-corrected chi connectivity index (χ1v) is 6.45. The molecule has 1 unspecified atom stereocenters. The van der Waals surface area contributed by atoms with Crippen molar-refractivity contribution in [2.45, 2.75) is 12.6 Å². The minimum absolute atomic E-state index is 0.104. The maximum atomic E-state index is 9.08. The molecule has 0 aliphatic carbocycles. The van der Waals surface area contributed by atoms with Crippen LogP contribution in [0.15, 0.2) is 48.5 Å². The lowest BCUT2D eigenvalue weighted by molar-refractivity contribution is 0.266. The maximum Gasteiger partial charge on any atom is 0.161 e. The highest BCUT2D eigenvalue weighted by atomic mass is 16.5. The number of methoxy groups -OCH3 is 1. The van der Waals surface area contributed by atoms with Crippen molar-refractivity contribution in [2.24, 2.45) is 5.73 Å². The number of hydrogen-bond donors (Lipinski definition) is 2. The molecule has 0 bridgehead atoms. The second-order valence-electron chi connectivity index (χ2n) is 4.47. The molecule has 4 nitrogen and oxygen atoms in total. The molecule has 4 heteroatoms. The molecular weight excluding hydrogens is 254 g/mol. The first kappa shape index (κ1) is 14.4. The van der Waals surface area contributed by atoms with Crippen molar-refractivity contribution in [1.29, 1.82) is 0 Å². The molecular formula is C16H19NO3. The van der Waals surface area contributed by atoms with Crippen LogP contribution in [0.4, 0.5) is 0 Å². The maximum absolute atomic E-state index is 9.08. The van der Waals surface area contributed by atoms with Gasteiger partial charge in [0, 0.05) is 0 Å². The summed E-state index contributed by atoms with van der Waals surface area (Å²) in [7, 11) is 1.58. The van der Waals surface area contributed by atoms with Crippen LogP contribution in [0.2, 0.25) is 0 Å². The summed E-state index contributed by atoms with van der Waals surface area (Å²) < 4.78 is 11.1. The Morgan fingerprint density at radius 2 is 1.85 bits per heavy atom. The van der Waals surface area contributed by atoms with Gasteiger partial charge in [-0.25, -0.2) is 0 Å². The van der Waals surface area contributed by atoms with E-state index in [1.54, 1.807) is 13.2 Å². The zero-order chi connectivity index (χ0) is 14.4. The highest BCUT2D eigenvalue weighted by Gasteiger charge is 2.10. The zero-order valence-electron chi connectivity index (χ0n) is 11.5. The fourth-order valence-electron chi connectivity index (χ4n) is 1.87. The summed E-state index contributed by atoms with van der Waals surface area (Å²) in [6.45, 7) is 0.371. The topological polar surface area (TPSA) is 64.7 Å². The van der Waals surface area contributed by atoms with Crippen LogP contribution in [0.1, 0.15) is 17.2 Å². The molecule has 106 valence electrons. The summed E-state index contributed by atoms with van der Waals surface area (Å²) in [4.78, 5) is 0. The van der Waals surface area contributed by atoms with E-state index in [1.807, 2.05) is 42.5 Å². The smallest absolute Gasteiger partial charge is 0.161 e. The molecule has 1 atom stereocenters. The Balaban J connectivity index is 2.11. The molecule has 0 heterocycles. The summed E-state index contributed by atoms with van der Waals surface area (Å²) in [6, 6.07) is 14.9. The molecule has 0 aromatic heterocycles. The summed E-state index contributed by atoms with van der Waals surface area (Å²) in [5.74, 6) is 1.27. The quantitative estimate of drug-likeness (QED) is 0.847. The molecule has 0 fully saturated rings. The molecule has 0 amide bonds. The van der Waals surface area contributed by atoms with Gasteiger partial charge in [-0.05, 0) is 23.3 Å². The molecule has 0 radical (unpaired) electrons. The van der Waals surface area contributed by atoms with E-state index in [-0.39, 0.29) is 6.61 Å². The lowest BCUT2D eigenvalue weighted by Gasteiger charge is -2.14. The van der Waals surface area contributed by atoms with Crippen molar-refractivity contribution in [1.82, 2.24) is 0 Å². The van der Waals surface area contributed by atoms with Crippen molar-refractivity contribution in [3.8, 4) is 11.5 Å². The number of nitrogens with two attached hydrogens (primary N) is 1. The first-order valence-electron chi connectivity index (χ1n) is 6.45. The number of aliphatic hydroxyl groups excluding tert-OH is 1. The summed E-state index contributed by atoms with van der Waals surface area (Å²) in [5, 5.41) is 9.08. The molecule has 2 aromatic rings. The van der Waals surface area contributed by atoms with Crippen LogP contribution in [0.25, 0.3) is 0 Å². The van der Waals surface area contributed by atoms with Crippen LogP contribution in [0.5, 0.6) is 11.5 Å². The largest absolute Gasteiger partial charge is 0.493 e. The van der Waals surface area contributed by atoms with E-state index in [9.17, 15) is 0 Å². The van der Waals surface area contributed by atoms with E-state index >= 15 is 0 Å². The average Bonchev–Trinajstić information content (AvgIpc) is 2.53. The van der Waals surface area contributed by atoms with E-state index in [0.29, 0.717) is 18.1 Å². The van der Waals surface area contributed by atoms with Gasteiger partial charge in [0.1, 0.15) is 6.61 Å². The number of benzene rings is 2. The number of aliphatic hydroxyl groups is 1. The van der Waals surface area contributed by atoms with Gasteiger partial charge in [0.05, 0.1) is 19.8 Å². The Hall–Kier alpha value is -2.04. The Morgan fingerprint density at radius 3 is 2.50 bits per heavy atom. The highest BCUT2D eigenvalue weighted by molar-refractivity contribution is 5.44. The van der Waals surface area contributed by atoms with E-state index < -0.39 is 6.04 Å². The lowest BCUT2D eigenvalue weighted by atomic mass is 10.1. The van der Waals surface area contributed by atoms with Gasteiger partial charge in [-0.15, -0.1) is 0 Å². The van der Waals surface area contributed by atoms with Gasteiger partial charge in [0.25, 0.3) is 0 Å². The molecule has 0 saturated carbocycles. The first-order chi connectivity index (χ1) is 9.74. The molecule has 2 aromatic carbocycles. The fourth-order valence-corrected chi connectivity index (χ4v) is 1.87. The predicted molar refractivity (Wildman–Crippen MR) is 77.8 cm³/mol. The normalized spacial score (nSPS) is 11.9. The zero-order valence-corrected chi connectivity index (χ0v) is 11.5. The molecule has 3 N–H and O–H groups in total. The Bertz CT molecular complexity index is 543. The van der Waals surface area contributed by atoms with Gasteiger partial charge in [0.15, 0.2) is 11.5 Å². The summed E-state index contributed by atoms with van der Waals surface area (Å²) in [5.41, 5.74) is 7.69. The SMILES string of the molecule is COc1cc(C(N)CO)ccc1OCc1ccccc1. The van der Waals surface area contributed by atoms with E-state index in [4.69, 9.17) is 20.3 Å². The van der Waals surface area contributed by atoms with E-state index in [1.165, 1.54) is 0 Å². The standard InChI is InChI=1S/C16H19NO3/c1-19-16-9-13(14(17)10-18)7-8-15(16)20-11-12-5-3-2-4-6-12/h2-9,14,18H,10-11,17H2,1H3. The van der Waals surface area contributed by atoms with Crippen LogP contribution in [0.3, 0.4) is 0 Å². The van der Waals surface area contributed by atoms with Crippen LogP contribution < -0.4 is 15.2 Å². The van der Waals surface area contributed by atoms with Gasteiger partial charge >= 0.3 is 0 Å². The molecule has 0 spiro atoms. The monoisotopic (exact) mass is 273 g/mol. The molecule has 0 saturated heterocycles. The average molecular weight is 273 g/mol. The van der Waals surface area contributed by atoms with Crippen molar-refractivity contribution in [2.75, 3.05) is 13.7 Å². The van der Waals surface area contributed by atoms with Gasteiger partial charge < -0.3 is 20.3 Å². The highest BCUT2D eigenvalue weighted by Crippen LogP contribution is 2.30. The minimum Gasteiger partial charge on any atom is -0.493 e. The molecule has 0 aliphatic rings. The molecule has 0 aliphatic heterocycles. The molecule has 2 rings (SSSR count). The third-order valence-electron chi connectivity index (χ3n) is 3.05. The number of hydrogen-bond acceptors (Lipinski definition) is 4. The lowest BCUT2D eigenvalue weighted by Crippen LogP contribution is -2.14. The van der Waals surface area contributed by atoms with E-state index in [2.05, 4.69) is 0 Å².